The van der Waals surface area contributed by atoms with E-state index in [0.29, 0.717) is 12.5 Å². The molecule has 2 saturated heterocycles. The van der Waals surface area contributed by atoms with Gasteiger partial charge >= 0.3 is 0 Å². The first-order valence-electron chi connectivity index (χ1n) is 7.62. The van der Waals surface area contributed by atoms with Gasteiger partial charge < -0.3 is 10.6 Å². The number of nitrogens with one attached hydrogen (secondary N) is 2. The lowest BCUT2D eigenvalue weighted by molar-refractivity contribution is -0.116. The van der Waals surface area contributed by atoms with Crippen LogP contribution in [0.15, 0.2) is 30.3 Å². The van der Waals surface area contributed by atoms with Gasteiger partial charge in [0.1, 0.15) is 0 Å². The summed E-state index contributed by atoms with van der Waals surface area (Å²) in [5.74, 6) is 0.908. The molecule has 4 heteroatoms. The fraction of sp³-hybridized carbons (Fsp3) is 0.562. The van der Waals surface area contributed by atoms with E-state index in [2.05, 4.69) is 15.5 Å². The second-order valence-corrected chi connectivity index (χ2v) is 5.83. The normalized spacial score (nSPS) is 26.2. The molecule has 2 fully saturated rings. The summed E-state index contributed by atoms with van der Waals surface area (Å²) in [6.45, 7) is 4.26. The zero-order valence-electron chi connectivity index (χ0n) is 11.8. The van der Waals surface area contributed by atoms with E-state index < -0.39 is 0 Å². The van der Waals surface area contributed by atoms with E-state index in [1.807, 2.05) is 30.3 Å². The molecule has 2 heterocycles. The summed E-state index contributed by atoms with van der Waals surface area (Å²) in [5.41, 5.74) is 0.886. The number of amides is 1. The predicted octanol–water partition coefficient (Wildman–Crippen LogP) is 1.70. The van der Waals surface area contributed by atoms with E-state index in [4.69, 9.17) is 0 Å². The molecule has 2 aliphatic rings. The second kappa shape index (κ2) is 6.37. The highest BCUT2D eigenvalue weighted by Gasteiger charge is 2.34. The molecular weight excluding hydrogens is 250 g/mol. The van der Waals surface area contributed by atoms with E-state index in [1.165, 1.54) is 12.8 Å². The highest BCUT2D eigenvalue weighted by atomic mass is 16.1. The Labute approximate surface area is 120 Å². The molecule has 4 nitrogen and oxygen atoms in total. The van der Waals surface area contributed by atoms with Gasteiger partial charge in [-0.1, -0.05) is 18.2 Å². The van der Waals surface area contributed by atoms with Gasteiger partial charge in [0.2, 0.25) is 5.91 Å². The van der Waals surface area contributed by atoms with Gasteiger partial charge in [0.15, 0.2) is 0 Å². The lowest BCUT2D eigenvalue weighted by Crippen LogP contribution is -2.46. The van der Waals surface area contributed by atoms with Gasteiger partial charge in [-0.2, -0.15) is 0 Å². The van der Waals surface area contributed by atoms with Crippen LogP contribution in [0.5, 0.6) is 0 Å². The Hall–Kier alpha value is -1.39. The average Bonchev–Trinajstić information content (AvgIpc) is 2.95. The van der Waals surface area contributed by atoms with E-state index in [1.54, 1.807) is 0 Å². The number of nitrogens with zero attached hydrogens (tertiary/aromatic N) is 1. The number of carbonyl (C=O) groups is 1. The molecule has 1 aromatic rings. The van der Waals surface area contributed by atoms with Gasteiger partial charge in [-0.15, -0.1) is 0 Å². The van der Waals surface area contributed by atoms with Gasteiger partial charge in [-0.3, -0.25) is 9.69 Å². The van der Waals surface area contributed by atoms with E-state index in [9.17, 15) is 4.79 Å². The molecule has 0 aromatic heterocycles. The SMILES string of the molecule is O=C(CCN1CCC[C@@H]2CNC[C@@H]21)Nc1ccccc1. The van der Waals surface area contributed by atoms with Crippen LogP contribution < -0.4 is 10.6 Å². The number of hydrogen-bond acceptors (Lipinski definition) is 3. The maximum Gasteiger partial charge on any atom is 0.225 e. The number of benzene rings is 1. The fourth-order valence-electron chi connectivity index (χ4n) is 3.43. The quantitative estimate of drug-likeness (QED) is 0.877. The molecule has 1 amide bonds. The van der Waals surface area contributed by atoms with Crippen molar-refractivity contribution in [2.24, 2.45) is 5.92 Å². The Kier molecular flexibility index (Phi) is 4.33. The summed E-state index contributed by atoms with van der Waals surface area (Å²) in [5, 5.41) is 6.44. The van der Waals surface area contributed by atoms with Crippen LogP contribution in [0, 0.1) is 5.92 Å². The van der Waals surface area contributed by atoms with Gasteiger partial charge in [-0.05, 0) is 44.0 Å². The van der Waals surface area contributed by atoms with E-state index >= 15 is 0 Å². The predicted molar refractivity (Wildman–Crippen MR) is 80.6 cm³/mol. The Balaban J connectivity index is 1.48. The topological polar surface area (TPSA) is 44.4 Å². The van der Waals surface area contributed by atoms with Crippen LogP contribution in [0.3, 0.4) is 0 Å². The third-order valence-electron chi connectivity index (χ3n) is 4.48. The molecule has 0 saturated carbocycles. The lowest BCUT2D eigenvalue weighted by atomic mass is 9.92. The van der Waals surface area contributed by atoms with Crippen molar-refractivity contribution in [2.75, 3.05) is 31.5 Å². The molecule has 2 N–H and O–H groups in total. The van der Waals surface area contributed by atoms with Crippen molar-refractivity contribution in [3.8, 4) is 0 Å². The van der Waals surface area contributed by atoms with Gasteiger partial charge in [0.05, 0.1) is 0 Å². The maximum atomic E-state index is 12.0. The first-order valence-corrected chi connectivity index (χ1v) is 7.62. The van der Waals surface area contributed by atoms with Gasteiger partial charge in [0.25, 0.3) is 0 Å². The molecule has 2 atom stereocenters. The van der Waals surface area contributed by atoms with Crippen LogP contribution in [0.1, 0.15) is 19.3 Å². The van der Waals surface area contributed by atoms with Crippen molar-refractivity contribution < 1.29 is 4.79 Å². The number of carbonyl (C=O) groups excluding carboxylic acids is 1. The molecule has 0 unspecified atom stereocenters. The first kappa shape index (κ1) is 13.6. The standard InChI is InChI=1S/C16H23N3O/c20-16(18-14-6-2-1-3-7-14)8-10-19-9-4-5-13-11-17-12-15(13)19/h1-3,6-7,13,15,17H,4-5,8-12H2,(H,18,20)/t13-,15+/m1/s1. The third-order valence-corrected chi connectivity index (χ3v) is 4.48. The van der Waals surface area contributed by atoms with Crippen LogP contribution >= 0.6 is 0 Å². The summed E-state index contributed by atoms with van der Waals surface area (Å²) in [7, 11) is 0. The van der Waals surface area contributed by atoms with Crippen molar-refractivity contribution in [1.29, 1.82) is 0 Å². The summed E-state index contributed by atoms with van der Waals surface area (Å²) in [4.78, 5) is 14.5. The lowest BCUT2D eigenvalue weighted by Gasteiger charge is -2.36. The fourth-order valence-corrected chi connectivity index (χ4v) is 3.43. The molecule has 2 aliphatic heterocycles. The smallest absolute Gasteiger partial charge is 0.225 e. The zero-order chi connectivity index (χ0) is 13.8. The Morgan fingerprint density at radius 2 is 2.15 bits per heavy atom. The zero-order valence-corrected chi connectivity index (χ0v) is 11.8. The minimum absolute atomic E-state index is 0.115. The number of hydrogen-bond donors (Lipinski definition) is 2. The number of likely N-dealkylation sites (tertiary alicyclic amines) is 1. The Morgan fingerprint density at radius 3 is 3.00 bits per heavy atom. The van der Waals surface area contributed by atoms with Crippen molar-refractivity contribution in [1.82, 2.24) is 10.2 Å². The van der Waals surface area contributed by atoms with Crippen molar-refractivity contribution in [3.05, 3.63) is 30.3 Å². The van der Waals surface area contributed by atoms with E-state index in [0.717, 1.165) is 37.8 Å². The molecule has 0 spiro atoms. The average molecular weight is 273 g/mol. The molecule has 0 radical (unpaired) electrons. The largest absolute Gasteiger partial charge is 0.326 e. The minimum atomic E-state index is 0.115. The number of para-hydroxylation sites is 1. The summed E-state index contributed by atoms with van der Waals surface area (Å²) in [6.07, 6.45) is 3.19. The highest BCUT2D eigenvalue weighted by Crippen LogP contribution is 2.26. The second-order valence-electron chi connectivity index (χ2n) is 5.83. The van der Waals surface area contributed by atoms with E-state index in [-0.39, 0.29) is 5.91 Å². The van der Waals surface area contributed by atoms with Crippen LogP contribution in [-0.4, -0.2) is 43.0 Å². The van der Waals surface area contributed by atoms with Gasteiger partial charge in [0, 0.05) is 31.2 Å². The molecule has 3 rings (SSSR count). The maximum absolute atomic E-state index is 12.0. The molecular formula is C16H23N3O. The number of fused-ring (bicyclic) bond motifs is 1. The summed E-state index contributed by atoms with van der Waals surface area (Å²) < 4.78 is 0. The monoisotopic (exact) mass is 273 g/mol. The van der Waals surface area contributed by atoms with Crippen LogP contribution in [0.25, 0.3) is 0 Å². The van der Waals surface area contributed by atoms with Crippen molar-refractivity contribution >= 4 is 11.6 Å². The molecule has 1 aromatic carbocycles. The number of anilines is 1. The highest BCUT2D eigenvalue weighted by molar-refractivity contribution is 5.90. The van der Waals surface area contributed by atoms with Crippen LogP contribution in [0.2, 0.25) is 0 Å². The molecule has 0 aliphatic carbocycles. The summed E-state index contributed by atoms with van der Waals surface area (Å²) in [6, 6.07) is 10.3. The van der Waals surface area contributed by atoms with Gasteiger partial charge in [-0.25, -0.2) is 0 Å². The van der Waals surface area contributed by atoms with Crippen molar-refractivity contribution in [3.63, 3.8) is 0 Å². The molecule has 108 valence electrons. The Bertz CT molecular complexity index is 448. The number of rotatable bonds is 4. The third kappa shape index (κ3) is 3.19. The molecule has 0 bridgehead atoms. The summed E-state index contributed by atoms with van der Waals surface area (Å²) >= 11 is 0. The molecule has 20 heavy (non-hydrogen) atoms. The van der Waals surface area contributed by atoms with Crippen molar-refractivity contribution in [2.45, 2.75) is 25.3 Å². The Morgan fingerprint density at radius 1 is 1.30 bits per heavy atom. The first-order chi connectivity index (χ1) is 9.83. The minimum Gasteiger partial charge on any atom is -0.326 e. The number of piperidine rings is 1. The van der Waals surface area contributed by atoms with Crippen LogP contribution in [-0.2, 0) is 4.79 Å². The van der Waals surface area contributed by atoms with Crippen LogP contribution in [0.4, 0.5) is 5.69 Å².